The van der Waals surface area contributed by atoms with Crippen LogP contribution in [0.3, 0.4) is 0 Å². The van der Waals surface area contributed by atoms with Crippen molar-refractivity contribution in [2.75, 3.05) is 13.2 Å². The van der Waals surface area contributed by atoms with Crippen molar-refractivity contribution in [1.29, 1.82) is 0 Å². The van der Waals surface area contributed by atoms with Gasteiger partial charge >= 0.3 is 5.97 Å². The van der Waals surface area contributed by atoms with E-state index in [1.165, 1.54) is 0 Å². The molecule has 0 spiro atoms. The molecule has 0 aliphatic carbocycles. The van der Waals surface area contributed by atoms with Gasteiger partial charge in [-0.15, -0.1) is 13.2 Å². The van der Waals surface area contributed by atoms with E-state index in [9.17, 15) is 19.5 Å². The van der Waals surface area contributed by atoms with E-state index in [1.807, 2.05) is 84.9 Å². The lowest BCUT2D eigenvalue weighted by molar-refractivity contribution is -0.149. The molecule has 1 aliphatic rings. The normalized spacial score (nSPS) is 16.0. The number of aliphatic hydroxyl groups excluding tert-OH is 1. The summed E-state index contributed by atoms with van der Waals surface area (Å²) in [6.45, 7) is 7.86. The number of ether oxygens (including phenoxy) is 1. The highest BCUT2D eigenvalue weighted by Gasteiger charge is 2.32. The molecule has 0 saturated carbocycles. The zero-order valence-electron chi connectivity index (χ0n) is 25.9. The summed E-state index contributed by atoms with van der Waals surface area (Å²) < 4.78 is 5.82. The molecule has 2 amide bonds. The quantitative estimate of drug-likeness (QED) is 0.172. The van der Waals surface area contributed by atoms with Gasteiger partial charge in [0.15, 0.2) is 0 Å². The number of benzene rings is 3. The van der Waals surface area contributed by atoms with Crippen LogP contribution in [0.4, 0.5) is 0 Å². The molecule has 0 aromatic heterocycles. The average molecular weight is 609 g/mol. The van der Waals surface area contributed by atoms with Crippen LogP contribution in [0.5, 0.6) is 0 Å². The minimum atomic E-state index is -0.660. The van der Waals surface area contributed by atoms with Crippen molar-refractivity contribution in [3.63, 3.8) is 0 Å². The highest BCUT2D eigenvalue weighted by molar-refractivity contribution is 5.86. The Morgan fingerprint density at radius 2 is 1.42 bits per heavy atom. The van der Waals surface area contributed by atoms with Gasteiger partial charge in [-0.05, 0) is 54.4 Å². The van der Waals surface area contributed by atoms with Gasteiger partial charge in [0.1, 0.15) is 6.61 Å². The van der Waals surface area contributed by atoms with Crippen LogP contribution in [0.2, 0.25) is 0 Å². The Kier molecular flexibility index (Phi) is 12.7. The Balaban J connectivity index is 1.44. The highest BCUT2D eigenvalue weighted by Crippen LogP contribution is 2.25. The third-order valence-electron chi connectivity index (χ3n) is 8.34. The SMILES string of the molecule is C=CCC(CC(=O)N1Cc2ccccc2CC1CO)C(=O)NC(COC(=O)C(CC=C)Cc1ccccc1)Cc1ccccc1. The first-order valence-corrected chi connectivity index (χ1v) is 15.7. The lowest BCUT2D eigenvalue weighted by Crippen LogP contribution is -2.48. The zero-order chi connectivity index (χ0) is 32.0. The van der Waals surface area contributed by atoms with Crippen LogP contribution in [0.1, 0.15) is 41.5 Å². The number of hydrogen-bond donors (Lipinski definition) is 2. The average Bonchev–Trinajstić information content (AvgIpc) is 3.06. The summed E-state index contributed by atoms with van der Waals surface area (Å²) in [5.74, 6) is -1.88. The fourth-order valence-corrected chi connectivity index (χ4v) is 5.89. The number of carbonyl (C=O) groups excluding carboxylic acids is 3. The second-order valence-corrected chi connectivity index (χ2v) is 11.7. The third-order valence-corrected chi connectivity index (χ3v) is 8.34. The third kappa shape index (κ3) is 9.75. The minimum Gasteiger partial charge on any atom is -0.463 e. The van der Waals surface area contributed by atoms with E-state index in [1.54, 1.807) is 17.1 Å². The van der Waals surface area contributed by atoms with Crippen molar-refractivity contribution in [3.05, 3.63) is 132 Å². The number of nitrogens with one attached hydrogen (secondary N) is 1. The largest absolute Gasteiger partial charge is 0.463 e. The predicted molar refractivity (Wildman–Crippen MR) is 176 cm³/mol. The maximum atomic E-state index is 13.7. The Morgan fingerprint density at radius 3 is 2.04 bits per heavy atom. The number of allylic oxidation sites excluding steroid dienone is 2. The molecule has 0 saturated heterocycles. The Hall–Kier alpha value is -4.49. The number of fused-ring (bicyclic) bond motifs is 1. The van der Waals surface area contributed by atoms with Crippen molar-refractivity contribution in [2.45, 2.75) is 57.2 Å². The van der Waals surface area contributed by atoms with Crippen molar-refractivity contribution in [2.24, 2.45) is 11.8 Å². The van der Waals surface area contributed by atoms with Crippen LogP contribution < -0.4 is 5.32 Å². The molecule has 1 heterocycles. The predicted octanol–water partition coefficient (Wildman–Crippen LogP) is 5.22. The summed E-state index contributed by atoms with van der Waals surface area (Å²) in [7, 11) is 0. The van der Waals surface area contributed by atoms with E-state index in [0.717, 1.165) is 22.3 Å². The summed E-state index contributed by atoms with van der Waals surface area (Å²) >= 11 is 0. The van der Waals surface area contributed by atoms with Gasteiger partial charge in [-0.25, -0.2) is 0 Å². The molecule has 4 rings (SSSR count). The van der Waals surface area contributed by atoms with E-state index in [0.29, 0.717) is 38.6 Å². The monoisotopic (exact) mass is 608 g/mol. The van der Waals surface area contributed by atoms with E-state index >= 15 is 0 Å². The molecule has 3 aromatic rings. The molecule has 3 aromatic carbocycles. The summed E-state index contributed by atoms with van der Waals surface area (Å²) in [6, 6.07) is 26.5. The standard InChI is InChI=1S/C38H44N2O5/c1-3-13-31(24-36(42)40-25-33-20-12-11-19-30(33)23-35(40)26-41)37(43)39-34(22-29-17-9-6-10-18-29)27-45-38(44)32(14-4-2)21-28-15-7-5-8-16-28/h3-12,15-20,31-32,34-35,41H,1-2,13-14,21-27H2,(H,39,43). The number of hydrogen-bond acceptors (Lipinski definition) is 5. The number of rotatable bonds is 16. The minimum absolute atomic E-state index is 0.00779. The van der Waals surface area contributed by atoms with Crippen molar-refractivity contribution >= 4 is 17.8 Å². The summed E-state index contributed by atoms with van der Waals surface area (Å²) in [6.07, 6.45) is 5.67. The molecule has 4 atom stereocenters. The van der Waals surface area contributed by atoms with Gasteiger partial charge in [0.25, 0.3) is 0 Å². The van der Waals surface area contributed by atoms with Gasteiger partial charge in [-0.3, -0.25) is 14.4 Å². The molecule has 7 nitrogen and oxygen atoms in total. The molecule has 1 aliphatic heterocycles. The molecule has 4 unspecified atom stereocenters. The first-order chi connectivity index (χ1) is 21.9. The summed E-state index contributed by atoms with van der Waals surface area (Å²) in [5.41, 5.74) is 4.19. The fourth-order valence-electron chi connectivity index (χ4n) is 5.89. The molecule has 236 valence electrons. The van der Waals surface area contributed by atoms with Crippen LogP contribution in [0.25, 0.3) is 0 Å². The molecule has 0 radical (unpaired) electrons. The lowest BCUT2D eigenvalue weighted by atomic mass is 9.92. The molecular weight excluding hydrogens is 564 g/mol. The molecule has 0 bridgehead atoms. The van der Waals surface area contributed by atoms with Gasteiger partial charge in [0.05, 0.1) is 30.5 Å². The topological polar surface area (TPSA) is 95.9 Å². The summed E-state index contributed by atoms with van der Waals surface area (Å²) in [5, 5.41) is 13.1. The van der Waals surface area contributed by atoms with Gasteiger partial charge in [0, 0.05) is 13.0 Å². The smallest absolute Gasteiger partial charge is 0.309 e. The van der Waals surface area contributed by atoms with Crippen LogP contribution in [0.15, 0.2) is 110 Å². The van der Waals surface area contributed by atoms with Crippen LogP contribution in [-0.2, 0) is 44.9 Å². The maximum absolute atomic E-state index is 13.7. The Labute approximate surface area is 266 Å². The first-order valence-electron chi connectivity index (χ1n) is 15.7. The maximum Gasteiger partial charge on any atom is 0.309 e. The van der Waals surface area contributed by atoms with Gasteiger partial charge < -0.3 is 20.1 Å². The summed E-state index contributed by atoms with van der Waals surface area (Å²) in [4.78, 5) is 42.2. The van der Waals surface area contributed by atoms with Crippen molar-refractivity contribution in [3.8, 4) is 0 Å². The second kappa shape index (κ2) is 17.1. The molecule has 7 heteroatoms. The van der Waals surface area contributed by atoms with E-state index in [-0.39, 0.29) is 43.5 Å². The fraction of sp³-hybridized carbons (Fsp3) is 0.342. The zero-order valence-corrected chi connectivity index (χ0v) is 25.9. The highest BCUT2D eigenvalue weighted by atomic mass is 16.5. The van der Waals surface area contributed by atoms with E-state index in [4.69, 9.17) is 4.74 Å². The molecule has 0 fully saturated rings. The molecule has 45 heavy (non-hydrogen) atoms. The Morgan fingerprint density at radius 1 is 0.844 bits per heavy atom. The Bertz CT molecular complexity index is 1420. The van der Waals surface area contributed by atoms with E-state index in [2.05, 4.69) is 18.5 Å². The number of amides is 2. The lowest BCUT2D eigenvalue weighted by Gasteiger charge is -2.36. The number of aliphatic hydroxyl groups is 1. The van der Waals surface area contributed by atoms with Crippen LogP contribution in [-0.4, -0.2) is 53.1 Å². The van der Waals surface area contributed by atoms with Gasteiger partial charge in [-0.1, -0.05) is 97.1 Å². The van der Waals surface area contributed by atoms with E-state index < -0.39 is 17.9 Å². The van der Waals surface area contributed by atoms with Crippen molar-refractivity contribution < 1.29 is 24.2 Å². The van der Waals surface area contributed by atoms with Gasteiger partial charge in [-0.2, -0.15) is 0 Å². The van der Waals surface area contributed by atoms with Crippen LogP contribution in [0, 0.1) is 11.8 Å². The number of carbonyl (C=O) groups is 3. The van der Waals surface area contributed by atoms with Crippen molar-refractivity contribution in [1.82, 2.24) is 10.2 Å². The first kappa shape index (κ1) is 33.4. The molecular formula is C38H44N2O5. The second-order valence-electron chi connectivity index (χ2n) is 11.7. The van der Waals surface area contributed by atoms with Gasteiger partial charge in [0.2, 0.25) is 11.8 Å². The number of nitrogens with zero attached hydrogens (tertiary/aromatic N) is 1. The number of esters is 1. The molecule has 2 N–H and O–H groups in total. The van der Waals surface area contributed by atoms with Crippen LogP contribution >= 0.6 is 0 Å².